The third-order valence-electron chi connectivity index (χ3n) is 1.93. The predicted octanol–water partition coefficient (Wildman–Crippen LogP) is 1.89. The van der Waals surface area contributed by atoms with E-state index in [-0.39, 0.29) is 12.3 Å². The molecule has 1 aromatic rings. The molecular formula is C11H16BrN3O3. The summed E-state index contributed by atoms with van der Waals surface area (Å²) in [6.45, 7) is 5.15. The summed E-state index contributed by atoms with van der Waals surface area (Å²) < 4.78 is 7.05. The Balaban J connectivity index is 2.52. The molecule has 0 atom stereocenters. The lowest BCUT2D eigenvalue weighted by Gasteiger charge is -2.19. The number of hydrogen-bond acceptors (Lipinski definition) is 4. The lowest BCUT2D eigenvalue weighted by Crippen LogP contribution is -2.35. The monoisotopic (exact) mass is 317 g/mol. The van der Waals surface area contributed by atoms with Crippen molar-refractivity contribution >= 4 is 27.8 Å². The molecule has 0 unspecified atom stereocenters. The first-order chi connectivity index (χ1) is 8.19. The number of Topliss-reactive ketones (excluding diaryl/α,β-unsaturated/α-hetero) is 1. The number of halogens is 1. The van der Waals surface area contributed by atoms with E-state index in [2.05, 4.69) is 26.3 Å². The molecule has 0 aliphatic carbocycles. The van der Waals surface area contributed by atoms with Gasteiger partial charge in [-0.15, -0.1) is 0 Å². The lowest BCUT2D eigenvalue weighted by atomic mass is 10.2. The van der Waals surface area contributed by atoms with Crippen LogP contribution in [0.5, 0.6) is 0 Å². The Bertz CT molecular complexity index is 463. The Morgan fingerprint density at radius 1 is 1.50 bits per heavy atom. The zero-order chi connectivity index (χ0) is 13.9. The summed E-state index contributed by atoms with van der Waals surface area (Å²) in [5, 5.41) is 6.39. The van der Waals surface area contributed by atoms with Crippen LogP contribution in [-0.4, -0.2) is 33.8 Å². The quantitative estimate of drug-likeness (QED) is 0.864. The Morgan fingerprint density at radius 2 is 2.11 bits per heavy atom. The Morgan fingerprint density at radius 3 is 2.56 bits per heavy atom. The van der Waals surface area contributed by atoms with Gasteiger partial charge in [0.15, 0.2) is 5.78 Å². The zero-order valence-electron chi connectivity index (χ0n) is 10.8. The zero-order valence-corrected chi connectivity index (χ0v) is 12.4. The molecule has 0 aliphatic heterocycles. The molecule has 6 nitrogen and oxygen atoms in total. The van der Waals surface area contributed by atoms with Gasteiger partial charge in [0, 0.05) is 13.1 Å². The minimum atomic E-state index is -0.614. The van der Waals surface area contributed by atoms with Gasteiger partial charge < -0.3 is 10.1 Å². The molecular weight excluding hydrogens is 302 g/mol. The van der Waals surface area contributed by atoms with Crippen LogP contribution in [0.15, 0.2) is 10.7 Å². The summed E-state index contributed by atoms with van der Waals surface area (Å²) in [5.74, 6) is -0.235. The minimum absolute atomic E-state index is 0.124. The molecule has 1 aromatic heterocycles. The number of ketones is 1. The Hall–Kier alpha value is -1.37. The molecule has 100 valence electrons. The normalized spacial score (nSPS) is 11.2. The Labute approximate surface area is 114 Å². The molecule has 0 radical (unpaired) electrons. The van der Waals surface area contributed by atoms with Crippen LogP contribution in [0.25, 0.3) is 0 Å². The third kappa shape index (κ3) is 4.48. The average Bonchev–Trinajstić information content (AvgIpc) is 2.52. The number of nitrogens with one attached hydrogen (secondary N) is 1. The number of hydrogen-bond donors (Lipinski definition) is 1. The van der Waals surface area contributed by atoms with Crippen LogP contribution in [0, 0.1) is 0 Å². The fourth-order valence-electron chi connectivity index (χ4n) is 1.25. The van der Waals surface area contributed by atoms with E-state index in [1.807, 2.05) is 0 Å². The van der Waals surface area contributed by atoms with Gasteiger partial charge in [0.05, 0.1) is 6.54 Å². The van der Waals surface area contributed by atoms with E-state index in [1.165, 1.54) is 4.68 Å². The van der Waals surface area contributed by atoms with E-state index in [0.717, 1.165) is 0 Å². The topological polar surface area (TPSA) is 73.2 Å². The highest BCUT2D eigenvalue weighted by atomic mass is 79.9. The van der Waals surface area contributed by atoms with Crippen molar-refractivity contribution in [1.82, 2.24) is 15.1 Å². The Kier molecular flexibility index (Phi) is 4.50. The summed E-state index contributed by atoms with van der Waals surface area (Å²) in [6.07, 6.45) is -0.614. The number of alkyl carbamates (subject to hydrolysis) is 1. The maximum Gasteiger partial charge on any atom is 0.408 e. The molecule has 0 aliphatic rings. The molecule has 0 saturated heterocycles. The maximum atomic E-state index is 11.8. The summed E-state index contributed by atoms with van der Waals surface area (Å²) in [5.41, 5.74) is -0.166. The van der Waals surface area contributed by atoms with Crippen molar-refractivity contribution in [3.05, 3.63) is 16.4 Å². The van der Waals surface area contributed by atoms with Crippen molar-refractivity contribution in [2.24, 2.45) is 7.05 Å². The lowest BCUT2D eigenvalue weighted by molar-refractivity contribution is 0.0520. The van der Waals surface area contributed by atoms with Crippen molar-refractivity contribution in [1.29, 1.82) is 0 Å². The fraction of sp³-hybridized carbons (Fsp3) is 0.545. The van der Waals surface area contributed by atoms with E-state index in [1.54, 1.807) is 33.9 Å². The molecule has 0 fully saturated rings. The number of aromatic nitrogens is 2. The van der Waals surface area contributed by atoms with Gasteiger partial charge in [-0.1, -0.05) is 0 Å². The van der Waals surface area contributed by atoms with E-state index >= 15 is 0 Å². The molecule has 0 spiro atoms. The molecule has 7 heteroatoms. The van der Waals surface area contributed by atoms with Crippen LogP contribution in [0.4, 0.5) is 4.79 Å². The number of aryl methyl sites for hydroxylation is 1. The second kappa shape index (κ2) is 5.51. The van der Waals surface area contributed by atoms with Gasteiger partial charge in [-0.05, 0) is 36.7 Å². The second-order valence-corrected chi connectivity index (χ2v) is 5.57. The summed E-state index contributed by atoms with van der Waals surface area (Å²) in [7, 11) is 1.66. The van der Waals surface area contributed by atoms with Gasteiger partial charge in [0.2, 0.25) is 0 Å². The van der Waals surface area contributed by atoms with Gasteiger partial charge in [-0.2, -0.15) is 5.10 Å². The number of ether oxygens (including phenoxy) is 1. The van der Waals surface area contributed by atoms with Gasteiger partial charge in [-0.3, -0.25) is 9.48 Å². The van der Waals surface area contributed by atoms with E-state index in [0.29, 0.717) is 10.3 Å². The van der Waals surface area contributed by atoms with Crippen molar-refractivity contribution < 1.29 is 14.3 Å². The first-order valence-electron chi connectivity index (χ1n) is 5.38. The van der Waals surface area contributed by atoms with Gasteiger partial charge >= 0.3 is 6.09 Å². The van der Waals surface area contributed by atoms with E-state index in [9.17, 15) is 9.59 Å². The molecule has 0 aromatic carbocycles. The highest BCUT2D eigenvalue weighted by Crippen LogP contribution is 2.10. The van der Waals surface area contributed by atoms with Crippen LogP contribution in [0.1, 0.15) is 31.3 Å². The highest BCUT2D eigenvalue weighted by Gasteiger charge is 2.18. The van der Waals surface area contributed by atoms with Crippen molar-refractivity contribution in [2.75, 3.05) is 6.54 Å². The number of nitrogens with zero attached hydrogens (tertiary/aromatic N) is 2. The van der Waals surface area contributed by atoms with Gasteiger partial charge in [0.1, 0.15) is 15.9 Å². The number of amides is 1. The summed E-state index contributed by atoms with van der Waals surface area (Å²) in [4.78, 5) is 23.2. The molecule has 18 heavy (non-hydrogen) atoms. The molecule has 1 amide bonds. The first-order valence-corrected chi connectivity index (χ1v) is 6.18. The molecule has 1 rings (SSSR count). The van der Waals surface area contributed by atoms with Crippen LogP contribution < -0.4 is 5.32 Å². The third-order valence-corrected chi connectivity index (χ3v) is 2.32. The second-order valence-electron chi connectivity index (χ2n) is 4.75. The maximum absolute atomic E-state index is 11.8. The fourth-order valence-corrected chi connectivity index (χ4v) is 1.71. The highest BCUT2D eigenvalue weighted by molar-refractivity contribution is 9.10. The van der Waals surface area contributed by atoms with Crippen molar-refractivity contribution in [2.45, 2.75) is 26.4 Å². The van der Waals surface area contributed by atoms with Crippen LogP contribution in [-0.2, 0) is 11.8 Å². The van der Waals surface area contributed by atoms with Gasteiger partial charge in [-0.25, -0.2) is 4.79 Å². The van der Waals surface area contributed by atoms with Crippen LogP contribution >= 0.6 is 15.9 Å². The predicted molar refractivity (Wildman–Crippen MR) is 69.5 cm³/mol. The molecule has 1 heterocycles. The summed E-state index contributed by atoms with van der Waals surface area (Å²) in [6, 6.07) is 1.60. The number of carbonyl (C=O) groups is 2. The number of carbonyl (C=O) groups excluding carboxylic acids is 2. The standard InChI is InChI=1S/C11H16BrN3O3/c1-11(2,3)18-10(17)13-6-8(16)7-5-9(12)14-15(7)4/h5H,6H2,1-4H3,(H,13,17). The number of rotatable bonds is 3. The van der Waals surface area contributed by atoms with Crippen molar-refractivity contribution in [3.63, 3.8) is 0 Å². The van der Waals surface area contributed by atoms with Crippen LogP contribution in [0.3, 0.4) is 0 Å². The smallest absolute Gasteiger partial charge is 0.408 e. The van der Waals surface area contributed by atoms with Crippen molar-refractivity contribution in [3.8, 4) is 0 Å². The largest absolute Gasteiger partial charge is 0.444 e. The summed E-state index contributed by atoms with van der Waals surface area (Å²) >= 11 is 3.17. The van der Waals surface area contributed by atoms with E-state index in [4.69, 9.17) is 4.74 Å². The first kappa shape index (κ1) is 14.7. The van der Waals surface area contributed by atoms with Gasteiger partial charge in [0.25, 0.3) is 0 Å². The minimum Gasteiger partial charge on any atom is -0.444 e. The average molecular weight is 318 g/mol. The molecule has 1 N–H and O–H groups in total. The molecule has 0 bridgehead atoms. The SMILES string of the molecule is Cn1nc(Br)cc1C(=O)CNC(=O)OC(C)(C)C. The van der Waals surface area contributed by atoms with E-state index < -0.39 is 11.7 Å². The molecule has 0 saturated carbocycles. The van der Waals surface area contributed by atoms with Crippen LogP contribution in [0.2, 0.25) is 0 Å².